The highest BCUT2D eigenvalue weighted by atomic mass is 32.2. The molecule has 0 amide bonds. The first-order valence-electron chi connectivity index (χ1n) is 7.56. The summed E-state index contributed by atoms with van der Waals surface area (Å²) in [6.45, 7) is 3.84. The van der Waals surface area contributed by atoms with Crippen molar-refractivity contribution in [2.24, 2.45) is 0 Å². The summed E-state index contributed by atoms with van der Waals surface area (Å²) in [5.74, 6) is 0.828. The molecule has 24 heavy (non-hydrogen) atoms. The third-order valence-electron chi connectivity index (χ3n) is 3.47. The molecule has 0 aliphatic rings. The molecule has 3 rings (SSSR count). The summed E-state index contributed by atoms with van der Waals surface area (Å²) in [7, 11) is -3.84. The molecule has 8 heteroatoms. The first-order valence-corrected chi connectivity index (χ1v) is 9.05. The van der Waals surface area contributed by atoms with Gasteiger partial charge >= 0.3 is 0 Å². The minimum Gasteiger partial charge on any atom is -0.438 e. The van der Waals surface area contributed by atoms with Crippen molar-refractivity contribution in [2.45, 2.75) is 31.8 Å². The van der Waals surface area contributed by atoms with Gasteiger partial charge in [-0.2, -0.15) is 8.42 Å². The second kappa shape index (κ2) is 6.48. The summed E-state index contributed by atoms with van der Waals surface area (Å²) in [5.41, 5.74) is 1.43. The summed E-state index contributed by atoms with van der Waals surface area (Å²) >= 11 is 0. The molecule has 0 atom stereocenters. The van der Waals surface area contributed by atoms with Crippen LogP contribution in [-0.2, 0) is 22.9 Å². The maximum atomic E-state index is 12.5. The van der Waals surface area contributed by atoms with E-state index >= 15 is 0 Å². The molecule has 0 unspecified atom stereocenters. The third-order valence-corrected chi connectivity index (χ3v) is 4.71. The maximum Gasteiger partial charge on any atom is 0.295 e. The molecular formula is C16H17N3O4S. The Kier molecular flexibility index (Phi) is 4.39. The number of nitrogens with zero attached hydrogens (tertiary/aromatic N) is 2. The smallest absolute Gasteiger partial charge is 0.295 e. The van der Waals surface area contributed by atoms with Crippen molar-refractivity contribution < 1.29 is 17.3 Å². The Morgan fingerprint density at radius 1 is 1.00 bits per heavy atom. The van der Waals surface area contributed by atoms with E-state index in [0.717, 1.165) is 5.56 Å². The van der Waals surface area contributed by atoms with E-state index in [1.807, 2.05) is 26.0 Å². The molecular weight excluding hydrogens is 330 g/mol. The number of sulfonamides is 1. The SMILES string of the molecule is CCc1nnc(-c2ccc(S(=O)(=O)Nc3ccccc3CC)o2)o1. The van der Waals surface area contributed by atoms with Gasteiger partial charge in [-0.1, -0.05) is 32.0 Å². The number of nitrogens with one attached hydrogen (secondary N) is 1. The number of para-hydroxylation sites is 1. The quantitative estimate of drug-likeness (QED) is 0.735. The standard InChI is InChI=1S/C16H17N3O4S/c1-3-11-7-5-6-8-12(11)19-24(20,21)15-10-9-13(22-15)16-18-17-14(4-2)23-16/h5-10,19H,3-4H2,1-2H3. The molecule has 0 aliphatic carbocycles. The Morgan fingerprint density at radius 2 is 1.79 bits per heavy atom. The molecule has 0 saturated heterocycles. The van der Waals surface area contributed by atoms with Crippen LogP contribution in [0.2, 0.25) is 0 Å². The molecule has 2 aromatic heterocycles. The van der Waals surface area contributed by atoms with Crippen molar-refractivity contribution in [2.75, 3.05) is 4.72 Å². The zero-order chi connectivity index (χ0) is 17.2. The number of hydrogen-bond donors (Lipinski definition) is 1. The summed E-state index contributed by atoms with van der Waals surface area (Å²) in [6.07, 6.45) is 1.30. The van der Waals surface area contributed by atoms with Crippen LogP contribution in [-0.4, -0.2) is 18.6 Å². The Bertz CT molecular complexity index is 944. The molecule has 0 bridgehead atoms. The number of benzene rings is 1. The first-order chi connectivity index (χ1) is 11.5. The van der Waals surface area contributed by atoms with E-state index in [1.165, 1.54) is 12.1 Å². The Balaban J connectivity index is 1.88. The lowest BCUT2D eigenvalue weighted by Crippen LogP contribution is -2.13. The second-order valence-electron chi connectivity index (χ2n) is 5.09. The van der Waals surface area contributed by atoms with Gasteiger partial charge in [-0.3, -0.25) is 4.72 Å². The highest BCUT2D eigenvalue weighted by Gasteiger charge is 2.22. The van der Waals surface area contributed by atoms with Crippen LogP contribution in [0.4, 0.5) is 5.69 Å². The third kappa shape index (κ3) is 3.18. The fourth-order valence-electron chi connectivity index (χ4n) is 2.20. The zero-order valence-corrected chi connectivity index (χ0v) is 14.1. The van der Waals surface area contributed by atoms with E-state index in [9.17, 15) is 8.42 Å². The number of furan rings is 1. The fourth-order valence-corrected chi connectivity index (χ4v) is 3.23. The Morgan fingerprint density at radius 3 is 2.50 bits per heavy atom. The predicted octanol–water partition coefficient (Wildman–Crippen LogP) is 3.26. The van der Waals surface area contributed by atoms with Crippen molar-refractivity contribution >= 4 is 15.7 Å². The van der Waals surface area contributed by atoms with Crippen molar-refractivity contribution in [3.8, 4) is 11.7 Å². The van der Waals surface area contributed by atoms with Gasteiger partial charge in [0, 0.05) is 6.42 Å². The number of aromatic nitrogens is 2. The van der Waals surface area contributed by atoms with E-state index in [4.69, 9.17) is 8.83 Å². The van der Waals surface area contributed by atoms with Gasteiger partial charge in [0.05, 0.1) is 5.69 Å². The topological polar surface area (TPSA) is 98.2 Å². The maximum absolute atomic E-state index is 12.5. The predicted molar refractivity (Wildman–Crippen MR) is 88.0 cm³/mol. The number of rotatable bonds is 6. The minimum absolute atomic E-state index is 0.155. The molecule has 1 aromatic carbocycles. The molecule has 7 nitrogen and oxygen atoms in total. The molecule has 0 saturated carbocycles. The van der Waals surface area contributed by atoms with E-state index in [0.29, 0.717) is 24.4 Å². The molecule has 126 valence electrons. The van der Waals surface area contributed by atoms with E-state index in [-0.39, 0.29) is 16.7 Å². The van der Waals surface area contributed by atoms with Gasteiger partial charge < -0.3 is 8.83 Å². The molecule has 0 aliphatic heterocycles. The van der Waals surface area contributed by atoms with Gasteiger partial charge in [-0.15, -0.1) is 10.2 Å². The monoisotopic (exact) mass is 347 g/mol. The molecule has 0 fully saturated rings. The van der Waals surface area contributed by atoms with Gasteiger partial charge in [0.15, 0.2) is 5.76 Å². The van der Waals surface area contributed by atoms with Crippen LogP contribution in [0.5, 0.6) is 0 Å². The number of hydrogen-bond acceptors (Lipinski definition) is 6. The lowest BCUT2D eigenvalue weighted by atomic mass is 10.1. The second-order valence-corrected chi connectivity index (χ2v) is 6.70. The van der Waals surface area contributed by atoms with Crippen LogP contribution >= 0.6 is 0 Å². The first kappa shape index (κ1) is 16.3. The minimum atomic E-state index is -3.84. The van der Waals surface area contributed by atoms with E-state index in [2.05, 4.69) is 14.9 Å². The molecule has 0 spiro atoms. The average molecular weight is 347 g/mol. The van der Waals surface area contributed by atoms with Crippen LogP contribution in [0.3, 0.4) is 0 Å². The lowest BCUT2D eigenvalue weighted by molar-refractivity contribution is 0.436. The summed E-state index contributed by atoms with van der Waals surface area (Å²) in [6, 6.07) is 10.1. The Hall–Kier alpha value is -2.61. The molecule has 1 N–H and O–H groups in total. The largest absolute Gasteiger partial charge is 0.438 e. The van der Waals surface area contributed by atoms with Crippen LogP contribution in [0.15, 0.2) is 50.3 Å². The fraction of sp³-hybridized carbons (Fsp3) is 0.250. The summed E-state index contributed by atoms with van der Waals surface area (Å²) < 4.78 is 38.3. The average Bonchev–Trinajstić information content (AvgIpc) is 3.24. The number of aryl methyl sites for hydroxylation is 2. The van der Waals surface area contributed by atoms with Crippen LogP contribution in [0, 0.1) is 0 Å². The normalized spacial score (nSPS) is 11.6. The van der Waals surface area contributed by atoms with Gasteiger partial charge in [0.2, 0.25) is 11.0 Å². The zero-order valence-electron chi connectivity index (χ0n) is 13.3. The van der Waals surface area contributed by atoms with Crippen molar-refractivity contribution in [3.63, 3.8) is 0 Å². The summed E-state index contributed by atoms with van der Waals surface area (Å²) in [5, 5.41) is 7.46. The van der Waals surface area contributed by atoms with Crippen molar-refractivity contribution in [1.29, 1.82) is 0 Å². The van der Waals surface area contributed by atoms with Gasteiger partial charge in [0.1, 0.15) is 0 Å². The van der Waals surface area contributed by atoms with E-state index < -0.39 is 10.0 Å². The van der Waals surface area contributed by atoms with Gasteiger partial charge in [-0.05, 0) is 30.2 Å². The Labute approximate surface area is 139 Å². The van der Waals surface area contributed by atoms with Crippen molar-refractivity contribution in [1.82, 2.24) is 10.2 Å². The van der Waals surface area contributed by atoms with Crippen LogP contribution in [0.1, 0.15) is 25.3 Å². The molecule has 0 radical (unpaired) electrons. The van der Waals surface area contributed by atoms with Gasteiger partial charge in [-0.25, -0.2) is 0 Å². The van der Waals surface area contributed by atoms with Gasteiger partial charge in [0.25, 0.3) is 15.9 Å². The number of anilines is 1. The van der Waals surface area contributed by atoms with Crippen LogP contribution in [0.25, 0.3) is 11.7 Å². The van der Waals surface area contributed by atoms with Crippen molar-refractivity contribution in [3.05, 3.63) is 47.9 Å². The highest BCUT2D eigenvalue weighted by Crippen LogP contribution is 2.26. The highest BCUT2D eigenvalue weighted by molar-refractivity contribution is 7.92. The molecule has 2 heterocycles. The lowest BCUT2D eigenvalue weighted by Gasteiger charge is -2.09. The summed E-state index contributed by atoms with van der Waals surface area (Å²) in [4.78, 5) is 0. The van der Waals surface area contributed by atoms with E-state index in [1.54, 1.807) is 12.1 Å². The van der Waals surface area contributed by atoms with Crippen LogP contribution < -0.4 is 4.72 Å². The molecule has 3 aromatic rings.